The van der Waals surface area contributed by atoms with Crippen molar-refractivity contribution in [1.29, 1.82) is 0 Å². The van der Waals surface area contributed by atoms with E-state index in [1.54, 1.807) is 12.1 Å². The maximum Gasteiger partial charge on any atom is 0.123 e. The van der Waals surface area contributed by atoms with Gasteiger partial charge in [0.05, 0.1) is 6.61 Å². The number of aryl methyl sites for hydroxylation is 1. The first-order chi connectivity index (χ1) is 7.00. The van der Waals surface area contributed by atoms with E-state index in [1.165, 1.54) is 12.1 Å². The molecule has 0 spiro atoms. The van der Waals surface area contributed by atoms with Crippen LogP contribution in [0.15, 0.2) is 30.9 Å². The number of benzene rings is 1. The molecule has 1 rings (SSSR count). The summed E-state index contributed by atoms with van der Waals surface area (Å²) in [6.07, 6.45) is 2.33. The summed E-state index contributed by atoms with van der Waals surface area (Å²) in [5.74, 6) is -0.236. The maximum atomic E-state index is 13.0. The van der Waals surface area contributed by atoms with Gasteiger partial charge >= 0.3 is 0 Å². The van der Waals surface area contributed by atoms with Gasteiger partial charge in [-0.05, 0) is 36.6 Å². The molecule has 0 aliphatic carbocycles. The van der Waals surface area contributed by atoms with Crippen LogP contribution in [0.2, 0.25) is 0 Å². The summed E-state index contributed by atoms with van der Waals surface area (Å²) < 4.78 is 13.0. The molecule has 1 unspecified atom stereocenters. The van der Waals surface area contributed by atoms with Gasteiger partial charge in [-0.25, -0.2) is 4.39 Å². The molecular formula is C13H17FO. The van der Waals surface area contributed by atoms with Crippen LogP contribution in [0.3, 0.4) is 0 Å². The summed E-state index contributed by atoms with van der Waals surface area (Å²) in [6.45, 7) is 7.57. The Morgan fingerprint density at radius 3 is 2.73 bits per heavy atom. The van der Waals surface area contributed by atoms with Crippen LogP contribution in [-0.4, -0.2) is 11.7 Å². The minimum Gasteiger partial charge on any atom is -0.395 e. The van der Waals surface area contributed by atoms with E-state index in [-0.39, 0.29) is 17.8 Å². The third-order valence-corrected chi connectivity index (χ3v) is 2.76. The van der Waals surface area contributed by atoms with Crippen molar-refractivity contribution in [1.82, 2.24) is 0 Å². The predicted octanol–water partition coefficient (Wildman–Crippen LogP) is 2.86. The van der Waals surface area contributed by atoms with Gasteiger partial charge in [-0.1, -0.05) is 19.1 Å². The van der Waals surface area contributed by atoms with E-state index in [4.69, 9.17) is 0 Å². The molecule has 0 amide bonds. The van der Waals surface area contributed by atoms with Gasteiger partial charge in [0.2, 0.25) is 0 Å². The summed E-state index contributed by atoms with van der Waals surface area (Å²) >= 11 is 0. The molecule has 1 aromatic rings. The number of hydrogen-bond acceptors (Lipinski definition) is 1. The number of aliphatic hydroxyl groups excluding tert-OH is 1. The molecule has 2 heteroatoms. The van der Waals surface area contributed by atoms with Crippen LogP contribution in [0.1, 0.15) is 18.1 Å². The highest BCUT2D eigenvalue weighted by atomic mass is 19.1. The normalized spacial score (nSPS) is 14.7. The van der Waals surface area contributed by atoms with Gasteiger partial charge in [0, 0.05) is 5.41 Å². The van der Waals surface area contributed by atoms with Crippen molar-refractivity contribution < 1.29 is 9.50 Å². The highest BCUT2D eigenvalue weighted by molar-refractivity contribution is 5.28. The molecule has 82 valence electrons. The molecule has 1 aromatic carbocycles. The second kappa shape index (κ2) is 4.58. The quantitative estimate of drug-likeness (QED) is 0.754. The van der Waals surface area contributed by atoms with Gasteiger partial charge in [0.25, 0.3) is 0 Å². The molecule has 0 heterocycles. The van der Waals surface area contributed by atoms with Gasteiger partial charge in [0.15, 0.2) is 0 Å². The Labute approximate surface area is 90.3 Å². The van der Waals surface area contributed by atoms with E-state index >= 15 is 0 Å². The molecule has 0 aliphatic rings. The van der Waals surface area contributed by atoms with Crippen LogP contribution < -0.4 is 0 Å². The van der Waals surface area contributed by atoms with Crippen molar-refractivity contribution in [2.75, 3.05) is 6.61 Å². The average molecular weight is 208 g/mol. The molecular weight excluding hydrogens is 191 g/mol. The van der Waals surface area contributed by atoms with Gasteiger partial charge in [-0.15, -0.1) is 6.58 Å². The average Bonchev–Trinajstić information content (AvgIpc) is 2.23. The second-order valence-electron chi connectivity index (χ2n) is 4.26. The van der Waals surface area contributed by atoms with E-state index in [9.17, 15) is 9.50 Å². The smallest absolute Gasteiger partial charge is 0.123 e. The topological polar surface area (TPSA) is 20.2 Å². The van der Waals surface area contributed by atoms with Crippen LogP contribution in [0.5, 0.6) is 0 Å². The lowest BCUT2D eigenvalue weighted by Gasteiger charge is -2.23. The first kappa shape index (κ1) is 11.9. The van der Waals surface area contributed by atoms with Crippen LogP contribution in [0.4, 0.5) is 4.39 Å². The first-order valence-corrected chi connectivity index (χ1v) is 5.00. The van der Waals surface area contributed by atoms with E-state index in [2.05, 4.69) is 6.58 Å². The summed E-state index contributed by atoms with van der Waals surface area (Å²) in [6, 6.07) is 4.72. The van der Waals surface area contributed by atoms with E-state index in [0.717, 1.165) is 11.1 Å². The Balaban J connectivity index is 2.97. The molecule has 0 fully saturated rings. The summed E-state index contributed by atoms with van der Waals surface area (Å²) in [4.78, 5) is 0. The zero-order valence-corrected chi connectivity index (χ0v) is 9.26. The number of hydrogen-bond donors (Lipinski definition) is 1. The molecule has 0 aromatic heterocycles. The summed E-state index contributed by atoms with van der Waals surface area (Å²) in [5.41, 5.74) is 1.59. The zero-order valence-electron chi connectivity index (χ0n) is 9.26. The minimum absolute atomic E-state index is 0.0203. The molecule has 0 bridgehead atoms. The fraction of sp³-hybridized carbons (Fsp3) is 0.385. The number of halogens is 1. The van der Waals surface area contributed by atoms with Gasteiger partial charge < -0.3 is 5.11 Å². The molecule has 0 aliphatic heterocycles. The predicted molar refractivity (Wildman–Crippen MR) is 60.2 cm³/mol. The Morgan fingerprint density at radius 2 is 2.20 bits per heavy atom. The molecule has 1 atom stereocenters. The monoisotopic (exact) mass is 208 g/mol. The van der Waals surface area contributed by atoms with Crippen LogP contribution >= 0.6 is 0 Å². The van der Waals surface area contributed by atoms with Gasteiger partial charge in [-0.3, -0.25) is 0 Å². The van der Waals surface area contributed by atoms with E-state index < -0.39 is 0 Å². The SMILES string of the molecule is C=CC(C)(CO)Cc1cc(F)ccc1C. The maximum absolute atomic E-state index is 13.0. The van der Waals surface area contributed by atoms with Gasteiger partial charge in [-0.2, -0.15) is 0 Å². The van der Waals surface area contributed by atoms with Crippen molar-refractivity contribution >= 4 is 0 Å². The molecule has 0 radical (unpaired) electrons. The standard InChI is InChI=1S/C13H17FO/c1-4-13(3,9-15)8-11-7-12(14)6-5-10(11)2/h4-7,15H,1,8-9H2,2-3H3. The lowest BCUT2D eigenvalue weighted by Crippen LogP contribution is -2.21. The van der Waals surface area contributed by atoms with Crippen molar-refractivity contribution in [3.05, 3.63) is 47.8 Å². The highest BCUT2D eigenvalue weighted by Gasteiger charge is 2.20. The third kappa shape index (κ3) is 2.90. The van der Waals surface area contributed by atoms with Crippen LogP contribution in [0.25, 0.3) is 0 Å². The lowest BCUT2D eigenvalue weighted by atomic mass is 9.83. The zero-order chi connectivity index (χ0) is 11.5. The third-order valence-electron chi connectivity index (χ3n) is 2.76. The first-order valence-electron chi connectivity index (χ1n) is 5.00. The minimum atomic E-state index is -0.376. The molecule has 1 N–H and O–H groups in total. The molecule has 0 saturated carbocycles. The second-order valence-corrected chi connectivity index (χ2v) is 4.26. The van der Waals surface area contributed by atoms with E-state index in [1.807, 2.05) is 13.8 Å². The van der Waals surface area contributed by atoms with Crippen molar-refractivity contribution in [2.45, 2.75) is 20.3 Å². The Bertz CT molecular complexity index is 360. The van der Waals surface area contributed by atoms with Crippen molar-refractivity contribution in [2.24, 2.45) is 5.41 Å². The summed E-state index contributed by atoms with van der Waals surface area (Å²) in [7, 11) is 0. The van der Waals surface area contributed by atoms with Gasteiger partial charge in [0.1, 0.15) is 5.82 Å². The Hall–Kier alpha value is -1.15. The van der Waals surface area contributed by atoms with Crippen molar-refractivity contribution in [3.8, 4) is 0 Å². The largest absolute Gasteiger partial charge is 0.395 e. The fourth-order valence-corrected chi connectivity index (χ4v) is 1.46. The highest BCUT2D eigenvalue weighted by Crippen LogP contribution is 2.25. The Kier molecular flexibility index (Phi) is 3.64. The lowest BCUT2D eigenvalue weighted by molar-refractivity contribution is 0.184. The molecule has 0 saturated heterocycles. The van der Waals surface area contributed by atoms with E-state index in [0.29, 0.717) is 6.42 Å². The molecule has 1 nitrogen and oxygen atoms in total. The summed E-state index contributed by atoms with van der Waals surface area (Å²) in [5, 5.41) is 9.24. The molecule has 15 heavy (non-hydrogen) atoms. The number of aliphatic hydroxyl groups is 1. The Morgan fingerprint density at radius 1 is 1.53 bits per heavy atom. The van der Waals surface area contributed by atoms with Crippen LogP contribution in [0, 0.1) is 18.2 Å². The van der Waals surface area contributed by atoms with Crippen molar-refractivity contribution in [3.63, 3.8) is 0 Å². The fourth-order valence-electron chi connectivity index (χ4n) is 1.46. The number of rotatable bonds is 4. The van der Waals surface area contributed by atoms with Crippen LogP contribution in [-0.2, 0) is 6.42 Å².